The molecular formula is C20H22Cl2N2O5S. The third kappa shape index (κ3) is 4.67. The summed E-state index contributed by atoms with van der Waals surface area (Å²) in [5, 5.41) is 0.482. The molecule has 162 valence electrons. The predicted octanol–water partition coefficient (Wildman–Crippen LogP) is 3.55. The molecule has 0 bridgehead atoms. The molecule has 30 heavy (non-hydrogen) atoms. The van der Waals surface area contributed by atoms with Crippen molar-refractivity contribution < 1.29 is 22.7 Å². The fourth-order valence-electron chi connectivity index (χ4n) is 3.22. The van der Waals surface area contributed by atoms with Gasteiger partial charge in [0.25, 0.3) is 5.91 Å². The van der Waals surface area contributed by atoms with Gasteiger partial charge < -0.3 is 14.4 Å². The first kappa shape index (κ1) is 22.7. The summed E-state index contributed by atoms with van der Waals surface area (Å²) in [4.78, 5) is 14.6. The van der Waals surface area contributed by atoms with Crippen molar-refractivity contribution in [1.29, 1.82) is 0 Å². The van der Waals surface area contributed by atoms with Gasteiger partial charge in [0.05, 0.1) is 28.7 Å². The number of piperazine rings is 1. The Labute approximate surface area is 186 Å². The molecule has 0 radical (unpaired) electrons. The van der Waals surface area contributed by atoms with E-state index in [1.54, 1.807) is 17.0 Å². The lowest BCUT2D eigenvalue weighted by Crippen LogP contribution is -2.50. The number of nitrogens with zero attached hydrogens (tertiary/aromatic N) is 2. The average molecular weight is 473 g/mol. The quantitative estimate of drug-likeness (QED) is 0.642. The third-order valence-electron chi connectivity index (χ3n) is 4.75. The van der Waals surface area contributed by atoms with Gasteiger partial charge >= 0.3 is 0 Å². The molecule has 0 aliphatic carbocycles. The average Bonchev–Trinajstić information content (AvgIpc) is 2.74. The number of sulfonamides is 1. The van der Waals surface area contributed by atoms with E-state index in [0.29, 0.717) is 23.7 Å². The molecule has 3 rings (SSSR count). The van der Waals surface area contributed by atoms with Crippen molar-refractivity contribution in [3.8, 4) is 11.5 Å². The predicted molar refractivity (Wildman–Crippen MR) is 115 cm³/mol. The second-order valence-corrected chi connectivity index (χ2v) is 9.33. The molecule has 1 amide bonds. The summed E-state index contributed by atoms with van der Waals surface area (Å²) in [5.74, 6) is 0.657. The number of amides is 1. The number of halogens is 2. The molecule has 2 aromatic carbocycles. The summed E-state index contributed by atoms with van der Waals surface area (Å²) in [6.07, 6.45) is 0. The Morgan fingerprint density at radius 3 is 2.10 bits per heavy atom. The molecule has 1 aliphatic rings. The van der Waals surface area contributed by atoms with Crippen LogP contribution in [0.4, 0.5) is 0 Å². The van der Waals surface area contributed by atoms with Crippen LogP contribution in [0.25, 0.3) is 0 Å². The molecule has 10 heteroatoms. The van der Waals surface area contributed by atoms with Crippen molar-refractivity contribution >= 4 is 39.1 Å². The number of methoxy groups -OCH3 is 1. The zero-order valence-electron chi connectivity index (χ0n) is 16.6. The molecule has 1 aliphatic heterocycles. The topological polar surface area (TPSA) is 76.2 Å². The van der Waals surface area contributed by atoms with Crippen molar-refractivity contribution in [3.63, 3.8) is 0 Å². The molecule has 0 unspecified atom stereocenters. The molecule has 1 fully saturated rings. The Morgan fingerprint density at radius 2 is 1.60 bits per heavy atom. The molecule has 1 heterocycles. The third-order valence-corrected chi connectivity index (χ3v) is 7.22. The van der Waals surface area contributed by atoms with E-state index in [1.165, 1.54) is 35.7 Å². The minimum absolute atomic E-state index is 0.193. The highest BCUT2D eigenvalue weighted by atomic mass is 35.5. The number of rotatable bonds is 6. The van der Waals surface area contributed by atoms with Gasteiger partial charge in [-0.05, 0) is 43.3 Å². The Morgan fingerprint density at radius 1 is 1.03 bits per heavy atom. The van der Waals surface area contributed by atoms with Crippen LogP contribution in [0.2, 0.25) is 10.0 Å². The standard InChI is InChI=1S/C20H22Cl2N2O5S/c1-3-29-15-4-6-16(7-5-15)30(26,27)24-10-8-23(9-11-24)20(25)14-12-17(21)19(28-2)18(22)13-14/h4-7,12-13H,3,8-11H2,1-2H3. The monoisotopic (exact) mass is 472 g/mol. The normalized spacial score (nSPS) is 15.1. The molecule has 1 saturated heterocycles. The smallest absolute Gasteiger partial charge is 0.254 e. The van der Waals surface area contributed by atoms with Crippen LogP contribution in [-0.4, -0.2) is 63.4 Å². The van der Waals surface area contributed by atoms with E-state index in [9.17, 15) is 13.2 Å². The first-order chi connectivity index (χ1) is 14.3. The minimum atomic E-state index is -3.65. The molecule has 2 aromatic rings. The van der Waals surface area contributed by atoms with Crippen molar-refractivity contribution in [2.24, 2.45) is 0 Å². The van der Waals surface area contributed by atoms with Crippen molar-refractivity contribution in [3.05, 3.63) is 52.0 Å². The fourth-order valence-corrected chi connectivity index (χ4v) is 5.28. The Bertz CT molecular complexity index is 997. The van der Waals surface area contributed by atoms with E-state index >= 15 is 0 Å². The first-order valence-corrected chi connectivity index (χ1v) is 11.5. The number of carbonyl (C=O) groups is 1. The lowest BCUT2D eigenvalue weighted by molar-refractivity contribution is 0.0698. The van der Waals surface area contributed by atoms with Gasteiger partial charge in [-0.1, -0.05) is 23.2 Å². The van der Waals surface area contributed by atoms with Crippen LogP contribution in [0, 0.1) is 0 Å². The van der Waals surface area contributed by atoms with Gasteiger partial charge in [0.15, 0.2) is 5.75 Å². The Kier molecular flexibility index (Phi) is 7.13. The van der Waals surface area contributed by atoms with Crippen LogP contribution in [0.15, 0.2) is 41.3 Å². The number of ether oxygens (including phenoxy) is 2. The molecular weight excluding hydrogens is 451 g/mol. The zero-order valence-corrected chi connectivity index (χ0v) is 18.9. The number of benzene rings is 2. The second-order valence-electron chi connectivity index (χ2n) is 6.57. The lowest BCUT2D eigenvalue weighted by Gasteiger charge is -2.34. The summed E-state index contributed by atoms with van der Waals surface area (Å²) in [5.41, 5.74) is 0.327. The van der Waals surface area contributed by atoms with Gasteiger partial charge in [0.2, 0.25) is 10.0 Å². The summed E-state index contributed by atoms with van der Waals surface area (Å²) < 4.78 is 37.6. The van der Waals surface area contributed by atoms with Gasteiger partial charge in [-0.25, -0.2) is 8.42 Å². The van der Waals surface area contributed by atoms with Crippen molar-refractivity contribution in [1.82, 2.24) is 9.21 Å². The van der Waals surface area contributed by atoms with Crippen LogP contribution < -0.4 is 9.47 Å². The van der Waals surface area contributed by atoms with E-state index in [-0.39, 0.29) is 47.0 Å². The second kappa shape index (κ2) is 9.43. The summed E-state index contributed by atoms with van der Waals surface area (Å²) in [6.45, 7) is 3.27. The van der Waals surface area contributed by atoms with Crippen molar-refractivity contribution in [2.45, 2.75) is 11.8 Å². The van der Waals surface area contributed by atoms with Crippen LogP contribution in [0.1, 0.15) is 17.3 Å². The highest BCUT2D eigenvalue weighted by molar-refractivity contribution is 7.89. The highest BCUT2D eigenvalue weighted by Crippen LogP contribution is 2.34. The zero-order chi connectivity index (χ0) is 21.9. The van der Waals surface area contributed by atoms with Gasteiger partial charge in [-0.2, -0.15) is 4.31 Å². The molecule has 0 N–H and O–H groups in total. The Hall–Kier alpha value is -2.00. The van der Waals surface area contributed by atoms with E-state index in [1.807, 2.05) is 6.92 Å². The molecule has 7 nitrogen and oxygen atoms in total. The summed E-state index contributed by atoms with van der Waals surface area (Å²) in [6, 6.07) is 9.31. The largest absolute Gasteiger partial charge is 0.494 e. The van der Waals surface area contributed by atoms with Gasteiger partial charge in [0, 0.05) is 31.7 Å². The number of hydrogen-bond acceptors (Lipinski definition) is 5. The van der Waals surface area contributed by atoms with Gasteiger partial charge in [0.1, 0.15) is 5.75 Å². The maximum atomic E-state index is 12.9. The maximum absolute atomic E-state index is 12.9. The van der Waals surface area contributed by atoms with Crippen LogP contribution >= 0.6 is 23.2 Å². The van der Waals surface area contributed by atoms with E-state index in [4.69, 9.17) is 32.7 Å². The summed E-state index contributed by atoms with van der Waals surface area (Å²) >= 11 is 12.2. The molecule has 0 saturated carbocycles. The number of hydrogen-bond donors (Lipinski definition) is 0. The highest BCUT2D eigenvalue weighted by Gasteiger charge is 2.31. The van der Waals surface area contributed by atoms with Gasteiger partial charge in [-0.15, -0.1) is 0 Å². The summed E-state index contributed by atoms with van der Waals surface area (Å²) in [7, 11) is -2.21. The molecule has 0 aromatic heterocycles. The van der Waals surface area contributed by atoms with Crippen LogP contribution in [-0.2, 0) is 10.0 Å². The van der Waals surface area contributed by atoms with E-state index in [2.05, 4.69) is 0 Å². The van der Waals surface area contributed by atoms with E-state index < -0.39 is 10.0 Å². The SMILES string of the molecule is CCOc1ccc(S(=O)(=O)N2CCN(C(=O)c3cc(Cl)c(OC)c(Cl)c3)CC2)cc1. The molecule has 0 spiro atoms. The van der Waals surface area contributed by atoms with Crippen LogP contribution in [0.3, 0.4) is 0 Å². The Balaban J connectivity index is 1.68. The first-order valence-electron chi connectivity index (χ1n) is 9.33. The maximum Gasteiger partial charge on any atom is 0.254 e. The fraction of sp³-hybridized carbons (Fsp3) is 0.350. The molecule has 0 atom stereocenters. The minimum Gasteiger partial charge on any atom is -0.494 e. The van der Waals surface area contributed by atoms with E-state index in [0.717, 1.165) is 0 Å². The van der Waals surface area contributed by atoms with Gasteiger partial charge in [-0.3, -0.25) is 4.79 Å². The lowest BCUT2D eigenvalue weighted by atomic mass is 10.1. The number of carbonyl (C=O) groups excluding carboxylic acids is 1. The van der Waals surface area contributed by atoms with Crippen LogP contribution in [0.5, 0.6) is 11.5 Å². The van der Waals surface area contributed by atoms with Crippen molar-refractivity contribution in [2.75, 3.05) is 39.9 Å².